The molecule has 41 heavy (non-hydrogen) atoms. The monoisotopic (exact) mass is 614 g/mol. The minimum Gasteiger partial charge on any atom is -0.660 e. The third kappa shape index (κ3) is 8.17. The van der Waals surface area contributed by atoms with E-state index in [-0.39, 0.29) is 31.4 Å². The van der Waals surface area contributed by atoms with Gasteiger partial charge in [-0.15, -0.1) is 44.3 Å². The third-order valence-corrected chi connectivity index (χ3v) is 10.1. The first-order chi connectivity index (χ1) is 19.5. The van der Waals surface area contributed by atoms with Crippen LogP contribution in [0.4, 0.5) is 0 Å². The van der Waals surface area contributed by atoms with Crippen molar-refractivity contribution in [3.8, 4) is 0 Å². The van der Waals surface area contributed by atoms with E-state index in [0.717, 1.165) is 49.9 Å². The topological polar surface area (TPSA) is 131 Å². The molecule has 7 aliphatic rings. The number of piperidine rings is 3. The molecule has 0 bridgehead atoms. The summed E-state index contributed by atoms with van der Waals surface area (Å²) in [5.41, 5.74) is 1.07. The van der Waals surface area contributed by atoms with Crippen LogP contribution in [0.3, 0.4) is 0 Å². The maximum atomic E-state index is 10.9. The molecule has 7 rings (SSSR count). The molecule has 4 heterocycles. The summed E-state index contributed by atoms with van der Waals surface area (Å²) in [7, 11) is 0. The van der Waals surface area contributed by atoms with Gasteiger partial charge in [-0.05, 0) is 35.4 Å². The summed E-state index contributed by atoms with van der Waals surface area (Å²) in [6.07, 6.45) is 23.9. The first-order valence-corrected chi connectivity index (χ1v) is 15.7. The Morgan fingerprint density at radius 3 is 1.95 bits per heavy atom. The Morgan fingerprint density at radius 1 is 0.659 bits per heavy atom. The number of carbonyl (C=O) groups is 2. The minimum atomic E-state index is -0.837. The van der Waals surface area contributed by atoms with Crippen LogP contribution in [-0.4, -0.2) is 72.5 Å². The van der Waals surface area contributed by atoms with E-state index in [1.54, 1.807) is 0 Å². The van der Waals surface area contributed by atoms with E-state index in [2.05, 4.69) is 10.6 Å². The van der Waals surface area contributed by atoms with Crippen LogP contribution in [0.15, 0.2) is 36.0 Å². The van der Waals surface area contributed by atoms with E-state index in [9.17, 15) is 9.59 Å². The van der Waals surface area contributed by atoms with E-state index in [0.29, 0.717) is 30.5 Å². The van der Waals surface area contributed by atoms with Crippen molar-refractivity contribution >= 4 is 11.9 Å². The molecule has 0 aromatic heterocycles. The summed E-state index contributed by atoms with van der Waals surface area (Å²) in [5.74, 6) is 1.18. The van der Waals surface area contributed by atoms with Crippen molar-refractivity contribution in [2.75, 3.05) is 26.2 Å². The molecular formula is C32H46N4O4Zn-4. The molecule has 2 N–H and O–H groups in total. The van der Waals surface area contributed by atoms with Crippen molar-refractivity contribution in [3.63, 3.8) is 0 Å². The molecule has 5 fully saturated rings. The van der Waals surface area contributed by atoms with Gasteiger partial charge in [0.1, 0.15) is 0 Å². The quantitative estimate of drug-likeness (QED) is 0.339. The van der Waals surface area contributed by atoms with Crippen molar-refractivity contribution < 1.29 is 39.3 Å². The maximum absolute atomic E-state index is 10.9. The van der Waals surface area contributed by atoms with Crippen LogP contribution < -0.4 is 0 Å². The van der Waals surface area contributed by atoms with Gasteiger partial charge in [0.2, 0.25) is 0 Å². The fourth-order valence-electron chi connectivity index (χ4n) is 8.13. The molecule has 9 heteroatoms. The Labute approximate surface area is 258 Å². The van der Waals surface area contributed by atoms with Crippen LogP contribution >= 0.6 is 0 Å². The largest absolute Gasteiger partial charge is 0.660 e. The summed E-state index contributed by atoms with van der Waals surface area (Å²) in [6.45, 7) is 3.50. The summed E-state index contributed by atoms with van der Waals surface area (Å²) in [5, 5.41) is 35.8. The minimum absolute atomic E-state index is 0. The van der Waals surface area contributed by atoms with E-state index in [1.165, 1.54) is 57.8 Å². The molecule has 224 valence electrons. The number of nitrogens with zero attached hydrogens (tertiary/aromatic N) is 4. The Bertz CT molecular complexity index is 947. The molecule has 9 unspecified atom stereocenters. The van der Waals surface area contributed by atoms with Gasteiger partial charge in [0.15, 0.2) is 0 Å². The van der Waals surface area contributed by atoms with E-state index in [1.807, 2.05) is 30.4 Å². The molecule has 0 aromatic carbocycles. The van der Waals surface area contributed by atoms with Crippen LogP contribution in [0.5, 0.6) is 0 Å². The molecule has 2 saturated carbocycles. The number of hydrogen-bond donors (Lipinski definition) is 2. The number of fused-ring (bicyclic) bond motifs is 5. The predicted octanol–water partition coefficient (Wildman–Crippen LogP) is 6.60. The van der Waals surface area contributed by atoms with E-state index < -0.39 is 18.0 Å². The number of allylic oxidation sites excluding steroid dienone is 3. The van der Waals surface area contributed by atoms with E-state index >= 15 is 0 Å². The van der Waals surface area contributed by atoms with Crippen molar-refractivity contribution in [2.45, 2.75) is 94.8 Å². The molecule has 8 nitrogen and oxygen atoms in total. The second-order valence-electron chi connectivity index (χ2n) is 12.5. The van der Waals surface area contributed by atoms with Crippen LogP contribution in [-0.2, 0) is 29.1 Å². The van der Waals surface area contributed by atoms with Gasteiger partial charge in [-0.2, -0.15) is 0 Å². The van der Waals surface area contributed by atoms with Crippen LogP contribution in [0.2, 0.25) is 0 Å². The smallest absolute Gasteiger partial charge is 0.286 e. The summed E-state index contributed by atoms with van der Waals surface area (Å²) in [4.78, 5) is 21.7. The Hall–Kier alpha value is -1.38. The van der Waals surface area contributed by atoms with Gasteiger partial charge in [-0.1, -0.05) is 107 Å². The van der Waals surface area contributed by atoms with Gasteiger partial charge in [-0.25, -0.2) is 0 Å². The standard InChI is InChI=1S/C12H20N2.C10H16NO2.C10H10NO2.Zn/c1-3-9-5-6-10-4-2-8-14-12(10)11(9)13-7-1;2*12-10(13)9-8-4-2-1-3-7(8)5-6-11-9;/h9-12H,1-8H2;7-9H,1-6H2,(H,12,13);1-5,8-9H,6H2,(H,12,13);/q-2;2*-1;. The van der Waals surface area contributed by atoms with Crippen molar-refractivity contribution in [1.82, 2.24) is 0 Å². The van der Waals surface area contributed by atoms with Gasteiger partial charge < -0.3 is 31.5 Å². The Morgan fingerprint density at radius 2 is 1.29 bits per heavy atom. The van der Waals surface area contributed by atoms with Gasteiger partial charge in [0.05, 0.1) is 0 Å². The van der Waals surface area contributed by atoms with Crippen LogP contribution in [0, 0.1) is 29.6 Å². The van der Waals surface area contributed by atoms with Gasteiger partial charge in [0, 0.05) is 19.5 Å². The molecule has 0 spiro atoms. The van der Waals surface area contributed by atoms with E-state index in [4.69, 9.17) is 20.8 Å². The number of rotatable bonds is 2. The number of aliphatic carboxylic acids is 2. The fraction of sp³-hybridized carbons (Fsp3) is 0.750. The molecule has 9 atom stereocenters. The zero-order valence-corrected chi connectivity index (χ0v) is 27.4. The molecule has 3 saturated heterocycles. The average Bonchev–Trinajstić information content (AvgIpc) is 3.01. The zero-order valence-electron chi connectivity index (χ0n) is 24.4. The molecule has 0 amide bonds. The van der Waals surface area contributed by atoms with Gasteiger partial charge >= 0.3 is 0 Å². The normalized spacial score (nSPS) is 38.7. The molecule has 4 aliphatic heterocycles. The third-order valence-electron chi connectivity index (χ3n) is 10.1. The maximum Gasteiger partial charge on any atom is 0.286 e. The number of carboxylic acid groups (broad SMARTS) is 2. The second kappa shape index (κ2) is 15.9. The first-order valence-electron chi connectivity index (χ1n) is 15.7. The SMILES string of the molecule is C1C[N-]C2C(C1)CCC1CCC[N-]C12.O=C(O)C1[N-]CC=C2C=CC=CC21.O=C(O)C1[N-]CCC2CCCCC21.[Zn]. The summed E-state index contributed by atoms with van der Waals surface area (Å²) >= 11 is 0. The number of hydrogen-bond acceptors (Lipinski definition) is 2. The van der Waals surface area contributed by atoms with Crippen LogP contribution in [0.25, 0.3) is 21.3 Å². The fourth-order valence-corrected chi connectivity index (χ4v) is 8.13. The summed E-state index contributed by atoms with van der Waals surface area (Å²) < 4.78 is 0. The molecular weight excluding hydrogens is 570 g/mol. The molecule has 3 aliphatic carbocycles. The summed E-state index contributed by atoms with van der Waals surface area (Å²) in [6, 6.07) is 0.269. The average molecular weight is 616 g/mol. The Kier molecular flexibility index (Phi) is 12.6. The second-order valence-corrected chi connectivity index (χ2v) is 12.5. The van der Waals surface area contributed by atoms with Gasteiger partial charge in [0.25, 0.3) is 11.9 Å². The molecule has 0 aromatic rings. The zero-order chi connectivity index (χ0) is 27.9. The van der Waals surface area contributed by atoms with Crippen molar-refractivity contribution in [1.29, 1.82) is 0 Å². The Balaban J connectivity index is 0.000000140. The van der Waals surface area contributed by atoms with Crippen molar-refractivity contribution in [2.24, 2.45) is 29.6 Å². The first kappa shape index (κ1) is 32.5. The van der Waals surface area contributed by atoms with Gasteiger partial charge in [-0.3, -0.25) is 9.59 Å². The van der Waals surface area contributed by atoms with Crippen molar-refractivity contribution in [3.05, 3.63) is 57.2 Å². The molecule has 0 radical (unpaired) electrons. The predicted molar refractivity (Wildman–Crippen MR) is 158 cm³/mol. The number of carboxylic acids is 2. The van der Waals surface area contributed by atoms with Crippen LogP contribution in [0.1, 0.15) is 70.6 Å².